The smallest absolute Gasteiger partial charge is 0.213 e. The molecule has 0 aliphatic carbocycles. The quantitative estimate of drug-likeness (QED) is 0.409. The van der Waals surface area contributed by atoms with E-state index in [1.165, 1.54) is 0 Å². The summed E-state index contributed by atoms with van der Waals surface area (Å²) in [6.45, 7) is 3.87. The second kappa shape index (κ2) is 4.34. The van der Waals surface area contributed by atoms with Crippen LogP contribution in [-0.2, 0) is 4.74 Å². The van der Waals surface area contributed by atoms with Gasteiger partial charge in [-0.25, -0.2) is 0 Å². The fraction of sp³-hybridized carbons (Fsp3) is 0.100. The number of hydrogen-bond donors (Lipinski definition) is 1. The van der Waals surface area contributed by atoms with Crippen molar-refractivity contribution >= 4 is 5.90 Å². The van der Waals surface area contributed by atoms with E-state index in [4.69, 9.17) is 10.1 Å². The van der Waals surface area contributed by atoms with E-state index in [9.17, 15) is 0 Å². The van der Waals surface area contributed by atoms with E-state index < -0.39 is 0 Å². The predicted molar refractivity (Wildman–Crippen MR) is 48.3 cm³/mol. The minimum atomic E-state index is 0.170. The first-order chi connectivity index (χ1) is 5.84. The molecule has 0 unspecified atom stereocenters. The molecule has 0 fully saturated rings. The first-order valence-electron chi connectivity index (χ1n) is 3.63. The van der Waals surface area contributed by atoms with E-state index in [0.717, 1.165) is 5.56 Å². The zero-order valence-corrected chi connectivity index (χ0v) is 6.71. The normalized spacial score (nSPS) is 9.00. The van der Waals surface area contributed by atoms with Gasteiger partial charge in [-0.3, -0.25) is 5.41 Å². The Morgan fingerprint density at radius 1 is 1.58 bits per heavy atom. The molecule has 1 radical (unpaired) electrons. The molecule has 0 saturated heterocycles. The third-order valence-electron chi connectivity index (χ3n) is 1.33. The molecule has 2 heteroatoms. The topological polar surface area (TPSA) is 33.1 Å². The van der Waals surface area contributed by atoms with Crippen LogP contribution in [0, 0.1) is 11.5 Å². The summed E-state index contributed by atoms with van der Waals surface area (Å²) in [5, 5.41) is 7.45. The van der Waals surface area contributed by atoms with Crippen molar-refractivity contribution in [3.63, 3.8) is 0 Å². The van der Waals surface area contributed by atoms with Crippen molar-refractivity contribution in [1.29, 1.82) is 5.41 Å². The van der Waals surface area contributed by atoms with Crippen LogP contribution in [0.5, 0.6) is 0 Å². The highest BCUT2D eigenvalue weighted by Gasteiger charge is 1.98. The van der Waals surface area contributed by atoms with Crippen LogP contribution in [0.15, 0.2) is 36.9 Å². The Balaban J connectivity index is 2.59. The van der Waals surface area contributed by atoms with Crippen molar-refractivity contribution in [3.05, 3.63) is 48.6 Å². The van der Waals surface area contributed by atoms with E-state index in [2.05, 4.69) is 12.6 Å². The molecule has 1 rings (SSSR count). The van der Waals surface area contributed by atoms with Gasteiger partial charge in [0.05, 0.1) is 0 Å². The van der Waals surface area contributed by atoms with Gasteiger partial charge in [0.15, 0.2) is 0 Å². The fourth-order valence-electron chi connectivity index (χ4n) is 0.764. The van der Waals surface area contributed by atoms with E-state index in [1.54, 1.807) is 30.3 Å². The van der Waals surface area contributed by atoms with E-state index >= 15 is 0 Å². The zero-order chi connectivity index (χ0) is 8.81. The monoisotopic (exact) mass is 160 g/mol. The molecule has 0 aromatic heterocycles. The molecule has 1 aromatic rings. The second-order valence-electron chi connectivity index (χ2n) is 2.22. The summed E-state index contributed by atoms with van der Waals surface area (Å²) in [6.07, 6.45) is 1.61. The number of nitrogens with one attached hydrogen (secondary N) is 1. The zero-order valence-electron chi connectivity index (χ0n) is 6.71. The van der Waals surface area contributed by atoms with Gasteiger partial charge in [-0.2, -0.15) is 0 Å². The molecule has 0 bridgehead atoms. The minimum Gasteiger partial charge on any atom is -0.473 e. The molecule has 1 aromatic carbocycles. The molecule has 0 heterocycles. The lowest BCUT2D eigenvalue weighted by molar-refractivity contribution is 0.349. The third kappa shape index (κ3) is 2.23. The summed E-state index contributed by atoms with van der Waals surface area (Å²) >= 11 is 0. The minimum absolute atomic E-state index is 0.170. The lowest BCUT2D eigenvalue weighted by Gasteiger charge is -2.03. The summed E-state index contributed by atoms with van der Waals surface area (Å²) in [4.78, 5) is 0. The van der Waals surface area contributed by atoms with Crippen LogP contribution in [-0.4, -0.2) is 12.5 Å². The summed E-state index contributed by atoms with van der Waals surface area (Å²) in [7, 11) is 0. The standard InChI is InChI=1S/C10H10NO/c1-2-8-12-10(11)9-6-4-3-5-7-9/h2,4-7,11H,1,8H2. The third-order valence-corrected chi connectivity index (χ3v) is 1.33. The fourth-order valence-corrected chi connectivity index (χ4v) is 0.764. The van der Waals surface area contributed by atoms with Crippen molar-refractivity contribution in [1.82, 2.24) is 0 Å². The SMILES string of the molecule is C=CCOC(=N)c1cc[c]cc1. The van der Waals surface area contributed by atoms with Gasteiger partial charge in [0.25, 0.3) is 0 Å². The van der Waals surface area contributed by atoms with Gasteiger partial charge in [0.1, 0.15) is 6.61 Å². The molecular weight excluding hydrogens is 150 g/mol. The maximum Gasteiger partial charge on any atom is 0.213 e. The molecule has 0 aliphatic rings. The van der Waals surface area contributed by atoms with Crippen molar-refractivity contribution < 1.29 is 4.74 Å². The van der Waals surface area contributed by atoms with Crippen LogP contribution in [0.4, 0.5) is 0 Å². The van der Waals surface area contributed by atoms with Crippen LogP contribution >= 0.6 is 0 Å². The van der Waals surface area contributed by atoms with Crippen LogP contribution in [0.3, 0.4) is 0 Å². The number of benzene rings is 1. The number of ether oxygens (including phenoxy) is 1. The highest BCUT2D eigenvalue weighted by molar-refractivity contribution is 5.91. The van der Waals surface area contributed by atoms with Crippen LogP contribution < -0.4 is 0 Å². The van der Waals surface area contributed by atoms with E-state index in [0.29, 0.717) is 6.61 Å². The van der Waals surface area contributed by atoms with Gasteiger partial charge in [0, 0.05) is 5.56 Å². The molecule has 0 atom stereocenters. The predicted octanol–water partition coefficient (Wildman–Crippen LogP) is 2.01. The molecule has 0 spiro atoms. The largest absolute Gasteiger partial charge is 0.473 e. The second-order valence-corrected chi connectivity index (χ2v) is 2.22. The van der Waals surface area contributed by atoms with Crippen molar-refractivity contribution in [2.75, 3.05) is 6.61 Å². The average Bonchev–Trinajstić information content (AvgIpc) is 2.15. The molecule has 0 amide bonds. The van der Waals surface area contributed by atoms with Crippen molar-refractivity contribution in [2.24, 2.45) is 0 Å². The molecule has 12 heavy (non-hydrogen) atoms. The summed E-state index contributed by atoms with van der Waals surface area (Å²) < 4.78 is 5.03. The first-order valence-corrected chi connectivity index (χ1v) is 3.63. The number of rotatable bonds is 3. The highest BCUT2D eigenvalue weighted by atomic mass is 16.5. The van der Waals surface area contributed by atoms with Gasteiger partial charge in [-0.1, -0.05) is 24.8 Å². The van der Waals surface area contributed by atoms with Crippen molar-refractivity contribution in [3.8, 4) is 0 Å². The Morgan fingerprint density at radius 3 is 2.83 bits per heavy atom. The van der Waals surface area contributed by atoms with Gasteiger partial charge in [0.2, 0.25) is 5.90 Å². The summed E-state index contributed by atoms with van der Waals surface area (Å²) in [6, 6.07) is 9.94. The van der Waals surface area contributed by atoms with Gasteiger partial charge in [-0.15, -0.1) is 0 Å². The van der Waals surface area contributed by atoms with E-state index in [1.807, 2.05) is 0 Å². The van der Waals surface area contributed by atoms with E-state index in [-0.39, 0.29) is 5.90 Å². The Kier molecular flexibility index (Phi) is 3.08. The first kappa shape index (κ1) is 8.53. The maximum atomic E-state index is 7.45. The van der Waals surface area contributed by atoms with Crippen LogP contribution in [0.2, 0.25) is 0 Å². The molecule has 0 aliphatic heterocycles. The van der Waals surface area contributed by atoms with Gasteiger partial charge < -0.3 is 4.74 Å². The Morgan fingerprint density at radius 2 is 2.25 bits per heavy atom. The molecular formula is C10H10NO. The lowest BCUT2D eigenvalue weighted by Crippen LogP contribution is -2.04. The Bertz CT molecular complexity index is 266. The van der Waals surface area contributed by atoms with Gasteiger partial charge >= 0.3 is 0 Å². The molecule has 0 saturated carbocycles. The Hall–Kier alpha value is -1.57. The lowest BCUT2D eigenvalue weighted by atomic mass is 10.2. The summed E-state index contributed by atoms with van der Waals surface area (Å²) in [5.41, 5.74) is 0.760. The average molecular weight is 160 g/mol. The highest BCUT2D eigenvalue weighted by Crippen LogP contribution is 1.99. The number of hydrogen-bond acceptors (Lipinski definition) is 2. The summed E-state index contributed by atoms with van der Waals surface area (Å²) in [5.74, 6) is 0.170. The van der Waals surface area contributed by atoms with Crippen molar-refractivity contribution in [2.45, 2.75) is 0 Å². The van der Waals surface area contributed by atoms with Crippen LogP contribution in [0.1, 0.15) is 5.56 Å². The molecule has 61 valence electrons. The van der Waals surface area contributed by atoms with Gasteiger partial charge in [-0.05, 0) is 18.2 Å². The Labute approximate surface area is 72.0 Å². The maximum absolute atomic E-state index is 7.45. The molecule has 1 N–H and O–H groups in total. The molecule has 2 nitrogen and oxygen atoms in total. The van der Waals surface area contributed by atoms with Crippen LogP contribution in [0.25, 0.3) is 0 Å².